The normalized spacial score (nSPS) is 16.8. The van der Waals surface area contributed by atoms with Crippen molar-refractivity contribution in [1.29, 1.82) is 5.26 Å². The van der Waals surface area contributed by atoms with Crippen LogP contribution in [-0.4, -0.2) is 33.8 Å². The van der Waals surface area contributed by atoms with E-state index in [4.69, 9.17) is 5.26 Å². The van der Waals surface area contributed by atoms with Gasteiger partial charge < -0.3 is 10.0 Å². The van der Waals surface area contributed by atoms with Gasteiger partial charge in [-0.25, -0.2) is 13.8 Å². The predicted octanol–water partition coefficient (Wildman–Crippen LogP) is 1.37. The molecule has 1 fully saturated rings. The quantitative estimate of drug-likeness (QED) is 0.897. The molecule has 1 aliphatic rings. The Hall–Kier alpha value is -2.33. The molecule has 102 valence electrons. The van der Waals surface area contributed by atoms with Gasteiger partial charge in [0.25, 0.3) is 0 Å². The largest absolute Gasteiger partial charge is 0.385 e. The lowest BCUT2D eigenvalue weighted by atomic mass is 9.91. The van der Waals surface area contributed by atoms with E-state index in [9.17, 15) is 13.9 Å². The zero-order chi connectivity index (χ0) is 14.3. The summed E-state index contributed by atoms with van der Waals surface area (Å²) in [4.78, 5) is 9.94. The maximum absolute atomic E-state index is 13.2. The van der Waals surface area contributed by atoms with E-state index >= 15 is 0 Å². The second-order valence-electron chi connectivity index (χ2n) is 4.90. The van der Waals surface area contributed by atoms with Crippen LogP contribution in [0.5, 0.6) is 0 Å². The number of nitrogens with zero attached hydrogens (tertiary/aromatic N) is 4. The van der Waals surface area contributed by atoms with Crippen LogP contribution in [0, 0.1) is 23.0 Å². The van der Waals surface area contributed by atoms with Crippen molar-refractivity contribution >= 4 is 16.9 Å². The molecule has 1 N–H and O–H groups in total. The Morgan fingerprint density at radius 3 is 2.60 bits per heavy atom. The summed E-state index contributed by atoms with van der Waals surface area (Å²) in [6, 6.07) is 3.90. The second-order valence-corrected chi connectivity index (χ2v) is 4.90. The summed E-state index contributed by atoms with van der Waals surface area (Å²) >= 11 is 0. The lowest BCUT2D eigenvalue weighted by Crippen LogP contribution is -2.62. The van der Waals surface area contributed by atoms with Crippen molar-refractivity contribution in [2.24, 2.45) is 0 Å². The van der Waals surface area contributed by atoms with Crippen molar-refractivity contribution in [2.45, 2.75) is 12.0 Å². The average Bonchev–Trinajstić information content (AvgIpc) is 2.37. The summed E-state index contributed by atoms with van der Waals surface area (Å²) in [5, 5.41) is 18.5. The van der Waals surface area contributed by atoms with Crippen LogP contribution in [0.15, 0.2) is 18.3 Å². The first-order chi connectivity index (χ1) is 9.50. The fraction of sp³-hybridized carbons (Fsp3) is 0.308. The zero-order valence-corrected chi connectivity index (χ0v) is 10.3. The van der Waals surface area contributed by atoms with E-state index in [1.165, 1.54) is 6.20 Å². The molecule has 1 aromatic heterocycles. The molecule has 0 saturated carbocycles. The summed E-state index contributed by atoms with van der Waals surface area (Å²) in [6.45, 7) is 0.537. The van der Waals surface area contributed by atoms with E-state index in [0.29, 0.717) is 5.82 Å². The Kier molecular flexibility index (Phi) is 2.76. The monoisotopic (exact) mass is 276 g/mol. The maximum atomic E-state index is 13.2. The molecule has 20 heavy (non-hydrogen) atoms. The molecule has 0 unspecified atom stereocenters. The third-order valence-electron chi connectivity index (χ3n) is 3.27. The summed E-state index contributed by atoms with van der Waals surface area (Å²) in [5.74, 6) is -1.48. The van der Waals surface area contributed by atoms with E-state index in [1.54, 1.807) is 4.90 Å². The number of rotatable bonds is 2. The highest BCUT2D eigenvalue weighted by Crippen LogP contribution is 2.29. The van der Waals surface area contributed by atoms with Gasteiger partial charge in [-0.3, -0.25) is 4.98 Å². The van der Waals surface area contributed by atoms with Crippen LogP contribution in [0.4, 0.5) is 14.6 Å². The number of anilines is 1. The summed E-state index contributed by atoms with van der Waals surface area (Å²) in [6.07, 6.45) is 1.48. The maximum Gasteiger partial charge on any atom is 0.161 e. The first-order valence-electron chi connectivity index (χ1n) is 5.97. The minimum Gasteiger partial charge on any atom is -0.385 e. The second kappa shape index (κ2) is 4.35. The van der Waals surface area contributed by atoms with Gasteiger partial charge in [-0.05, 0) is 0 Å². The summed E-state index contributed by atoms with van der Waals surface area (Å²) in [5.41, 5.74) is -0.517. The van der Waals surface area contributed by atoms with Crippen molar-refractivity contribution in [3.63, 3.8) is 0 Å². The van der Waals surface area contributed by atoms with Gasteiger partial charge in [-0.15, -0.1) is 0 Å². The number of fused-ring (bicyclic) bond motifs is 1. The molecule has 0 spiro atoms. The Labute approximate surface area is 113 Å². The van der Waals surface area contributed by atoms with Gasteiger partial charge in [0.15, 0.2) is 11.6 Å². The molecular weight excluding hydrogens is 266 g/mol. The van der Waals surface area contributed by atoms with Gasteiger partial charge in [0.05, 0.1) is 42.8 Å². The van der Waals surface area contributed by atoms with Gasteiger partial charge in [0, 0.05) is 12.1 Å². The molecule has 7 heteroatoms. The van der Waals surface area contributed by atoms with Crippen LogP contribution in [0.25, 0.3) is 11.0 Å². The Morgan fingerprint density at radius 1 is 1.30 bits per heavy atom. The molecule has 1 aromatic carbocycles. The topological polar surface area (TPSA) is 73.0 Å². The predicted molar refractivity (Wildman–Crippen MR) is 66.8 cm³/mol. The minimum absolute atomic E-state index is 0.0460. The number of β-amino-alcohol motifs (C(OH)–C–C–N with tert-alkyl or cyclic N) is 1. The van der Waals surface area contributed by atoms with Crippen LogP contribution in [-0.2, 0) is 0 Å². The fourth-order valence-corrected chi connectivity index (χ4v) is 2.24. The highest BCUT2D eigenvalue weighted by Gasteiger charge is 2.41. The van der Waals surface area contributed by atoms with E-state index in [-0.39, 0.29) is 30.5 Å². The fourth-order valence-electron chi connectivity index (χ4n) is 2.24. The minimum atomic E-state index is -1.03. The van der Waals surface area contributed by atoms with Crippen LogP contribution < -0.4 is 4.90 Å². The number of nitriles is 1. The smallest absolute Gasteiger partial charge is 0.161 e. The van der Waals surface area contributed by atoms with Crippen LogP contribution in [0.3, 0.4) is 0 Å². The number of hydrogen-bond acceptors (Lipinski definition) is 5. The summed E-state index contributed by atoms with van der Waals surface area (Å²) in [7, 11) is 0. The van der Waals surface area contributed by atoms with E-state index in [0.717, 1.165) is 12.1 Å². The van der Waals surface area contributed by atoms with E-state index in [1.807, 2.05) is 6.07 Å². The molecule has 0 atom stereocenters. The zero-order valence-electron chi connectivity index (χ0n) is 10.3. The molecule has 2 heterocycles. The molecule has 0 radical (unpaired) electrons. The number of aliphatic hydroxyl groups is 1. The first kappa shape index (κ1) is 12.7. The molecule has 1 aliphatic heterocycles. The standard InChI is InChI=1S/C13H10F2N4O/c14-8-3-10-11(4-9(8)15)18-12(5-17-10)19-6-13(20,7-19)1-2-16/h3-5,20H,1,6-7H2. The molecule has 0 amide bonds. The Bertz CT molecular complexity index is 722. The van der Waals surface area contributed by atoms with Gasteiger partial charge in [0.2, 0.25) is 0 Å². The van der Waals surface area contributed by atoms with Crippen molar-refractivity contribution in [3.8, 4) is 6.07 Å². The average molecular weight is 276 g/mol. The Balaban J connectivity index is 1.88. The number of aromatic nitrogens is 2. The number of halogens is 2. The molecule has 5 nitrogen and oxygen atoms in total. The Morgan fingerprint density at radius 2 is 1.95 bits per heavy atom. The van der Waals surface area contributed by atoms with Crippen LogP contribution >= 0.6 is 0 Å². The lowest BCUT2D eigenvalue weighted by molar-refractivity contribution is 0.0162. The van der Waals surface area contributed by atoms with Crippen molar-refractivity contribution in [2.75, 3.05) is 18.0 Å². The highest BCUT2D eigenvalue weighted by atomic mass is 19.2. The molecule has 2 aromatic rings. The van der Waals surface area contributed by atoms with Gasteiger partial charge >= 0.3 is 0 Å². The lowest BCUT2D eigenvalue weighted by Gasteiger charge is -2.45. The first-order valence-corrected chi connectivity index (χ1v) is 5.97. The van der Waals surface area contributed by atoms with Gasteiger partial charge in [0.1, 0.15) is 11.4 Å². The van der Waals surface area contributed by atoms with Crippen molar-refractivity contribution < 1.29 is 13.9 Å². The van der Waals surface area contributed by atoms with E-state index in [2.05, 4.69) is 9.97 Å². The number of hydrogen-bond donors (Lipinski definition) is 1. The van der Waals surface area contributed by atoms with Crippen molar-refractivity contribution in [1.82, 2.24) is 9.97 Å². The summed E-state index contributed by atoms with van der Waals surface area (Å²) < 4.78 is 26.2. The molecule has 0 bridgehead atoms. The SMILES string of the molecule is N#CCC1(O)CN(c2cnc3cc(F)c(F)cc3n2)C1. The highest BCUT2D eigenvalue weighted by molar-refractivity contribution is 5.76. The molecule has 0 aliphatic carbocycles. The van der Waals surface area contributed by atoms with Gasteiger partial charge in [-0.2, -0.15) is 5.26 Å². The third-order valence-corrected chi connectivity index (χ3v) is 3.27. The van der Waals surface area contributed by atoms with Crippen LogP contribution in [0.2, 0.25) is 0 Å². The van der Waals surface area contributed by atoms with Gasteiger partial charge in [-0.1, -0.05) is 0 Å². The van der Waals surface area contributed by atoms with Crippen LogP contribution in [0.1, 0.15) is 6.42 Å². The number of benzene rings is 1. The molecule has 1 saturated heterocycles. The van der Waals surface area contributed by atoms with E-state index < -0.39 is 17.2 Å². The molecule has 3 rings (SSSR count). The molecular formula is C13H10F2N4O. The third kappa shape index (κ3) is 2.04. The van der Waals surface area contributed by atoms with Crippen molar-refractivity contribution in [3.05, 3.63) is 30.0 Å².